The maximum atomic E-state index is 12.4. The maximum absolute atomic E-state index is 12.4. The number of para-hydroxylation sites is 1. The molecule has 0 unspecified atom stereocenters. The van der Waals surface area contributed by atoms with Gasteiger partial charge in [-0.1, -0.05) is 32.0 Å². The van der Waals surface area contributed by atoms with Gasteiger partial charge in [-0.3, -0.25) is 4.79 Å². The van der Waals surface area contributed by atoms with E-state index in [-0.39, 0.29) is 5.91 Å². The number of nitrogens with zero attached hydrogens (tertiary/aromatic N) is 3. The summed E-state index contributed by atoms with van der Waals surface area (Å²) in [6.07, 6.45) is 5.53. The lowest BCUT2D eigenvalue weighted by Crippen LogP contribution is -2.30. The zero-order valence-corrected chi connectivity index (χ0v) is 15.1. The van der Waals surface area contributed by atoms with Gasteiger partial charge in [0, 0.05) is 30.4 Å². The smallest absolute Gasteiger partial charge is 0.246 e. The number of aromatic nitrogens is 2. The molecular formula is C20H27N3O. The molecule has 2 aromatic rings. The van der Waals surface area contributed by atoms with Crippen LogP contribution in [-0.4, -0.2) is 33.7 Å². The standard InChI is InChI=1S/C20H27N3O/c1-5-14-22(15-6-2)20(24)13-12-19-16(3)21-23(17(19)4)18-10-8-7-9-11-18/h7-13H,5-6,14-15H2,1-4H3/b13-12+. The number of hydrogen-bond acceptors (Lipinski definition) is 2. The zero-order valence-electron chi connectivity index (χ0n) is 15.1. The van der Waals surface area contributed by atoms with Crippen LogP contribution < -0.4 is 0 Å². The number of hydrogen-bond donors (Lipinski definition) is 0. The summed E-state index contributed by atoms with van der Waals surface area (Å²) in [5.41, 5.74) is 4.01. The van der Waals surface area contributed by atoms with Crippen LogP contribution in [0.4, 0.5) is 0 Å². The number of carbonyl (C=O) groups is 1. The molecule has 128 valence electrons. The Morgan fingerprint density at radius 2 is 1.75 bits per heavy atom. The zero-order chi connectivity index (χ0) is 17.5. The van der Waals surface area contributed by atoms with Gasteiger partial charge in [0.2, 0.25) is 5.91 Å². The van der Waals surface area contributed by atoms with Crippen LogP contribution in [0, 0.1) is 13.8 Å². The topological polar surface area (TPSA) is 38.1 Å². The first kappa shape index (κ1) is 18.0. The minimum atomic E-state index is 0.0740. The number of rotatable bonds is 7. The van der Waals surface area contributed by atoms with Gasteiger partial charge in [0.1, 0.15) is 0 Å². The van der Waals surface area contributed by atoms with Gasteiger partial charge >= 0.3 is 0 Å². The van der Waals surface area contributed by atoms with Crippen LogP contribution in [-0.2, 0) is 4.79 Å². The summed E-state index contributed by atoms with van der Waals surface area (Å²) in [5.74, 6) is 0.0740. The van der Waals surface area contributed by atoms with Gasteiger partial charge in [-0.25, -0.2) is 4.68 Å². The molecule has 2 rings (SSSR count). The molecule has 0 saturated carbocycles. The highest BCUT2D eigenvalue weighted by atomic mass is 16.2. The normalized spacial score (nSPS) is 11.2. The van der Waals surface area contributed by atoms with Crippen LogP contribution in [0.5, 0.6) is 0 Å². The van der Waals surface area contributed by atoms with E-state index in [4.69, 9.17) is 0 Å². The van der Waals surface area contributed by atoms with Gasteiger partial charge in [-0.05, 0) is 44.9 Å². The molecule has 4 heteroatoms. The third-order valence-electron chi connectivity index (χ3n) is 4.04. The number of benzene rings is 1. The average molecular weight is 325 g/mol. The van der Waals surface area contributed by atoms with Crippen LogP contribution in [0.15, 0.2) is 36.4 Å². The molecular weight excluding hydrogens is 298 g/mol. The van der Waals surface area contributed by atoms with Gasteiger partial charge in [0.25, 0.3) is 0 Å². The van der Waals surface area contributed by atoms with Crippen molar-refractivity contribution < 1.29 is 4.79 Å². The van der Waals surface area contributed by atoms with E-state index in [1.807, 2.05) is 59.8 Å². The molecule has 1 aromatic heterocycles. The minimum Gasteiger partial charge on any atom is -0.339 e. The highest BCUT2D eigenvalue weighted by Gasteiger charge is 2.12. The Morgan fingerprint density at radius 1 is 1.12 bits per heavy atom. The highest BCUT2D eigenvalue weighted by molar-refractivity contribution is 5.92. The van der Waals surface area contributed by atoms with Crippen molar-refractivity contribution in [2.75, 3.05) is 13.1 Å². The molecule has 0 atom stereocenters. The number of aryl methyl sites for hydroxylation is 1. The third-order valence-corrected chi connectivity index (χ3v) is 4.04. The summed E-state index contributed by atoms with van der Waals surface area (Å²) < 4.78 is 1.93. The van der Waals surface area contributed by atoms with E-state index in [1.54, 1.807) is 6.08 Å². The quantitative estimate of drug-likeness (QED) is 0.717. The molecule has 0 aliphatic heterocycles. The number of carbonyl (C=O) groups excluding carboxylic acids is 1. The Kier molecular flexibility index (Phi) is 6.36. The molecule has 0 bridgehead atoms. The van der Waals surface area contributed by atoms with Crippen molar-refractivity contribution in [1.82, 2.24) is 14.7 Å². The van der Waals surface area contributed by atoms with Crippen LogP contribution in [0.25, 0.3) is 11.8 Å². The summed E-state index contributed by atoms with van der Waals surface area (Å²) in [4.78, 5) is 14.3. The van der Waals surface area contributed by atoms with E-state index in [0.717, 1.165) is 48.6 Å². The summed E-state index contributed by atoms with van der Waals surface area (Å²) >= 11 is 0. The van der Waals surface area contributed by atoms with Crippen LogP contribution in [0.1, 0.15) is 43.6 Å². The van der Waals surface area contributed by atoms with Gasteiger partial charge in [0.15, 0.2) is 0 Å². The molecule has 0 aliphatic carbocycles. The Balaban J connectivity index is 2.24. The molecule has 1 aromatic carbocycles. The monoisotopic (exact) mass is 325 g/mol. The largest absolute Gasteiger partial charge is 0.339 e. The second kappa shape index (κ2) is 8.48. The van der Waals surface area contributed by atoms with Crippen molar-refractivity contribution in [3.05, 3.63) is 53.4 Å². The minimum absolute atomic E-state index is 0.0740. The lowest BCUT2D eigenvalue weighted by molar-refractivity contribution is -0.126. The van der Waals surface area contributed by atoms with Crippen molar-refractivity contribution in [2.24, 2.45) is 0 Å². The summed E-state index contributed by atoms with van der Waals surface area (Å²) in [6, 6.07) is 10.0. The van der Waals surface area contributed by atoms with E-state index < -0.39 is 0 Å². The highest BCUT2D eigenvalue weighted by Crippen LogP contribution is 2.19. The number of amides is 1. The fourth-order valence-corrected chi connectivity index (χ4v) is 2.85. The predicted molar refractivity (Wildman–Crippen MR) is 99.2 cm³/mol. The predicted octanol–water partition coefficient (Wildman–Crippen LogP) is 4.15. The second-order valence-electron chi connectivity index (χ2n) is 5.99. The molecule has 0 aliphatic rings. The van der Waals surface area contributed by atoms with Crippen molar-refractivity contribution in [3.8, 4) is 5.69 Å². The summed E-state index contributed by atoms with van der Waals surface area (Å²) in [5, 5.41) is 4.62. The van der Waals surface area contributed by atoms with Gasteiger partial charge in [-0.2, -0.15) is 5.10 Å². The molecule has 1 amide bonds. The Hall–Kier alpha value is -2.36. The van der Waals surface area contributed by atoms with E-state index in [2.05, 4.69) is 18.9 Å². The molecule has 24 heavy (non-hydrogen) atoms. The Labute approximate surface area is 144 Å². The first-order valence-electron chi connectivity index (χ1n) is 8.67. The lowest BCUT2D eigenvalue weighted by Gasteiger charge is -2.19. The molecule has 0 saturated heterocycles. The Bertz CT molecular complexity index is 695. The molecule has 1 heterocycles. The lowest BCUT2D eigenvalue weighted by atomic mass is 10.1. The van der Waals surface area contributed by atoms with Crippen molar-refractivity contribution in [3.63, 3.8) is 0 Å². The average Bonchev–Trinajstić information content (AvgIpc) is 2.87. The van der Waals surface area contributed by atoms with Crippen molar-refractivity contribution in [2.45, 2.75) is 40.5 Å². The van der Waals surface area contributed by atoms with Crippen molar-refractivity contribution >= 4 is 12.0 Å². The third kappa shape index (κ3) is 4.13. The molecule has 4 nitrogen and oxygen atoms in total. The van der Waals surface area contributed by atoms with Gasteiger partial charge < -0.3 is 4.90 Å². The summed E-state index contributed by atoms with van der Waals surface area (Å²) in [6.45, 7) is 9.81. The summed E-state index contributed by atoms with van der Waals surface area (Å²) in [7, 11) is 0. The van der Waals surface area contributed by atoms with E-state index in [1.165, 1.54) is 0 Å². The van der Waals surface area contributed by atoms with Crippen LogP contribution >= 0.6 is 0 Å². The maximum Gasteiger partial charge on any atom is 0.246 e. The molecule has 0 fully saturated rings. The van der Waals surface area contributed by atoms with E-state index in [9.17, 15) is 4.79 Å². The van der Waals surface area contributed by atoms with Crippen LogP contribution in [0.2, 0.25) is 0 Å². The fraction of sp³-hybridized carbons (Fsp3) is 0.400. The first-order valence-corrected chi connectivity index (χ1v) is 8.67. The second-order valence-corrected chi connectivity index (χ2v) is 5.99. The van der Waals surface area contributed by atoms with E-state index >= 15 is 0 Å². The fourth-order valence-electron chi connectivity index (χ4n) is 2.85. The van der Waals surface area contributed by atoms with Crippen LogP contribution in [0.3, 0.4) is 0 Å². The molecule has 0 spiro atoms. The molecule has 0 N–H and O–H groups in total. The van der Waals surface area contributed by atoms with E-state index in [0.29, 0.717) is 0 Å². The van der Waals surface area contributed by atoms with Gasteiger partial charge in [-0.15, -0.1) is 0 Å². The Morgan fingerprint density at radius 3 is 2.33 bits per heavy atom. The van der Waals surface area contributed by atoms with Gasteiger partial charge in [0.05, 0.1) is 11.4 Å². The first-order chi connectivity index (χ1) is 11.6. The van der Waals surface area contributed by atoms with Crippen molar-refractivity contribution in [1.29, 1.82) is 0 Å². The molecule has 0 radical (unpaired) electrons. The SMILES string of the molecule is CCCN(CCC)C(=O)/C=C/c1c(C)nn(-c2ccccc2)c1C.